The van der Waals surface area contributed by atoms with Crippen LogP contribution in [0, 0.1) is 27.7 Å². The molecular weight excluding hydrogens is 682 g/mol. The van der Waals surface area contributed by atoms with Crippen LogP contribution < -0.4 is 25.6 Å². The van der Waals surface area contributed by atoms with Gasteiger partial charge in [-0.25, -0.2) is 0 Å². The maximum Gasteiger partial charge on any atom is 0.204 e. The fraction of sp³-hybridized carbons (Fsp3) is 0.0952. The molecule has 1 aliphatic rings. The van der Waals surface area contributed by atoms with Crippen molar-refractivity contribution >= 4 is 61.8 Å². The van der Waals surface area contributed by atoms with E-state index >= 15 is 0 Å². The first-order valence-electron chi connectivity index (χ1n) is 16.4. The highest BCUT2D eigenvalue weighted by molar-refractivity contribution is 9.10. The van der Waals surface area contributed by atoms with Crippen LogP contribution in [0.2, 0.25) is 0 Å². The van der Waals surface area contributed by atoms with Gasteiger partial charge in [-0.1, -0.05) is 113 Å². The molecule has 0 aliphatic carbocycles. The van der Waals surface area contributed by atoms with E-state index in [9.17, 15) is 0 Å². The van der Waals surface area contributed by atoms with E-state index < -0.39 is 8.07 Å². The van der Waals surface area contributed by atoms with E-state index in [1.807, 2.05) is 0 Å². The van der Waals surface area contributed by atoms with Gasteiger partial charge in [0.25, 0.3) is 0 Å². The number of fused-ring (bicyclic) bond motifs is 2. The Morgan fingerprint density at radius 2 is 0.837 bits per heavy atom. The van der Waals surface area contributed by atoms with Crippen LogP contribution in [0.3, 0.4) is 0 Å². The Morgan fingerprint density at radius 3 is 1.27 bits per heavy atom. The van der Waals surface area contributed by atoms with Crippen LogP contribution in [0.25, 0.3) is 22.8 Å². The highest BCUT2D eigenvalue weighted by atomic mass is 79.9. The Hall–Kier alpha value is -5.24. The normalized spacial score (nSPS) is 13.1. The standard InChI is InChI=1S/C42H34BrN5Si/c1-27-23-31(43)24-28(2)39(27)41-44-46-42(47-45-41)40-29(3)25-32(26-30(40)4)48-35-19-11-13-21-37(35)49(33-15-7-5-8-16-33,34-17-9-6-10-18-34)38-22-14-12-20-36(38)48/h5-26H,1-4H3. The Morgan fingerprint density at radius 1 is 0.469 bits per heavy atom. The molecule has 0 amide bonds. The molecule has 49 heavy (non-hydrogen) atoms. The fourth-order valence-electron chi connectivity index (χ4n) is 7.80. The highest BCUT2D eigenvalue weighted by Gasteiger charge is 2.48. The molecule has 238 valence electrons. The molecule has 0 N–H and O–H groups in total. The average Bonchev–Trinajstić information content (AvgIpc) is 3.11. The van der Waals surface area contributed by atoms with Crippen molar-refractivity contribution < 1.29 is 0 Å². The smallest absolute Gasteiger partial charge is 0.204 e. The lowest BCUT2D eigenvalue weighted by atomic mass is 10.00. The van der Waals surface area contributed by atoms with Crippen LogP contribution in [0.15, 0.2) is 138 Å². The Labute approximate surface area is 296 Å². The molecule has 0 radical (unpaired) electrons. The van der Waals surface area contributed by atoms with Gasteiger partial charge in [-0.15, -0.1) is 20.4 Å². The molecule has 1 aliphatic heterocycles. The zero-order chi connectivity index (χ0) is 33.7. The molecule has 7 aromatic rings. The molecule has 5 nitrogen and oxygen atoms in total. The van der Waals surface area contributed by atoms with Gasteiger partial charge in [0.15, 0.2) is 8.07 Å². The predicted octanol–water partition coefficient (Wildman–Crippen LogP) is 7.76. The van der Waals surface area contributed by atoms with Gasteiger partial charge in [-0.2, -0.15) is 0 Å². The van der Waals surface area contributed by atoms with Gasteiger partial charge in [-0.3, -0.25) is 0 Å². The Balaban J connectivity index is 1.28. The van der Waals surface area contributed by atoms with Crippen LogP contribution in [0.5, 0.6) is 0 Å². The summed E-state index contributed by atoms with van der Waals surface area (Å²) in [5.41, 5.74) is 9.72. The summed E-state index contributed by atoms with van der Waals surface area (Å²) in [6, 6.07) is 48.8. The second-order valence-corrected chi connectivity index (χ2v) is 17.4. The summed E-state index contributed by atoms with van der Waals surface area (Å²) < 4.78 is 1.03. The third kappa shape index (κ3) is 5.04. The maximum atomic E-state index is 4.61. The van der Waals surface area contributed by atoms with Gasteiger partial charge in [0.05, 0.1) is 0 Å². The number of rotatable bonds is 5. The number of hydrogen-bond acceptors (Lipinski definition) is 5. The second-order valence-electron chi connectivity index (χ2n) is 12.8. The van der Waals surface area contributed by atoms with Crippen LogP contribution in [0.4, 0.5) is 17.1 Å². The van der Waals surface area contributed by atoms with Gasteiger partial charge >= 0.3 is 0 Å². The molecular formula is C42H34BrN5Si. The number of anilines is 3. The van der Waals surface area contributed by atoms with Crippen molar-refractivity contribution in [2.45, 2.75) is 27.7 Å². The minimum absolute atomic E-state index is 0.525. The van der Waals surface area contributed by atoms with Crippen molar-refractivity contribution in [3.63, 3.8) is 0 Å². The predicted molar refractivity (Wildman–Crippen MR) is 207 cm³/mol. The molecule has 8 rings (SSSR count). The first-order chi connectivity index (χ1) is 23.9. The number of aromatic nitrogens is 4. The minimum Gasteiger partial charge on any atom is -0.311 e. The number of aryl methyl sites for hydroxylation is 4. The lowest BCUT2D eigenvalue weighted by molar-refractivity contribution is 0.871. The third-order valence-corrected chi connectivity index (χ3v) is 15.0. The highest BCUT2D eigenvalue weighted by Crippen LogP contribution is 2.40. The molecule has 2 heterocycles. The number of halogens is 1. The summed E-state index contributed by atoms with van der Waals surface area (Å²) in [5, 5.41) is 23.8. The molecule has 7 heteroatoms. The van der Waals surface area contributed by atoms with E-state index in [0.717, 1.165) is 43.5 Å². The van der Waals surface area contributed by atoms with E-state index in [0.29, 0.717) is 11.6 Å². The number of para-hydroxylation sites is 2. The molecule has 1 aromatic heterocycles. The van der Waals surface area contributed by atoms with E-state index in [-0.39, 0.29) is 0 Å². The molecule has 0 fully saturated rings. The maximum absolute atomic E-state index is 4.61. The van der Waals surface area contributed by atoms with E-state index in [4.69, 9.17) is 0 Å². The summed E-state index contributed by atoms with van der Waals surface area (Å²) in [4.78, 5) is 2.44. The molecule has 0 bridgehead atoms. The summed E-state index contributed by atoms with van der Waals surface area (Å²) in [6.45, 7) is 8.36. The van der Waals surface area contributed by atoms with Crippen molar-refractivity contribution in [3.05, 3.63) is 160 Å². The molecule has 6 aromatic carbocycles. The topological polar surface area (TPSA) is 54.8 Å². The number of hydrogen-bond donors (Lipinski definition) is 0. The monoisotopic (exact) mass is 715 g/mol. The summed E-state index contributed by atoms with van der Waals surface area (Å²) in [6.07, 6.45) is 0. The number of benzene rings is 6. The lowest BCUT2D eigenvalue weighted by Gasteiger charge is -2.45. The van der Waals surface area contributed by atoms with Crippen LogP contribution in [-0.2, 0) is 0 Å². The SMILES string of the molecule is Cc1cc(Br)cc(C)c1-c1nnc(-c2c(C)cc(N3c4ccccc4[Si](c4ccccc4)(c4ccccc4)c4ccccc43)cc2C)nn1. The van der Waals surface area contributed by atoms with Crippen molar-refractivity contribution in [2.24, 2.45) is 0 Å². The van der Waals surface area contributed by atoms with Gasteiger partial charge in [-0.05, 0) is 107 Å². The molecule has 0 saturated heterocycles. The second kappa shape index (κ2) is 12.3. The van der Waals surface area contributed by atoms with Gasteiger partial charge < -0.3 is 4.90 Å². The van der Waals surface area contributed by atoms with Crippen LogP contribution >= 0.6 is 15.9 Å². The quantitative estimate of drug-likeness (QED) is 0.171. The lowest BCUT2D eigenvalue weighted by Crippen LogP contribution is -2.77. The van der Waals surface area contributed by atoms with Crippen molar-refractivity contribution in [3.8, 4) is 22.8 Å². The van der Waals surface area contributed by atoms with Crippen LogP contribution in [-0.4, -0.2) is 28.5 Å². The Kier molecular flexibility index (Phi) is 7.81. The minimum atomic E-state index is -2.67. The van der Waals surface area contributed by atoms with Crippen molar-refractivity contribution in [1.82, 2.24) is 20.4 Å². The summed E-state index contributed by atoms with van der Waals surface area (Å²) in [7, 11) is -2.67. The molecule has 0 unspecified atom stereocenters. The largest absolute Gasteiger partial charge is 0.311 e. The fourth-order valence-corrected chi connectivity index (χ4v) is 13.6. The molecule has 0 atom stereocenters. The summed E-state index contributed by atoms with van der Waals surface area (Å²) in [5.74, 6) is 1.06. The molecule has 0 spiro atoms. The third-order valence-electron chi connectivity index (χ3n) is 9.71. The molecule has 0 saturated carbocycles. The van der Waals surface area contributed by atoms with Crippen LogP contribution in [0.1, 0.15) is 22.3 Å². The zero-order valence-corrected chi connectivity index (χ0v) is 30.4. The number of nitrogens with zero attached hydrogens (tertiary/aromatic N) is 5. The first-order valence-corrected chi connectivity index (χ1v) is 19.2. The van der Waals surface area contributed by atoms with Gasteiger partial charge in [0, 0.05) is 32.7 Å². The van der Waals surface area contributed by atoms with Gasteiger partial charge in [0.1, 0.15) is 0 Å². The average molecular weight is 717 g/mol. The van der Waals surface area contributed by atoms with E-state index in [1.165, 1.54) is 32.1 Å². The van der Waals surface area contributed by atoms with Crippen molar-refractivity contribution in [2.75, 3.05) is 4.90 Å². The first kappa shape index (κ1) is 31.1. The Bertz CT molecular complexity index is 2210. The van der Waals surface area contributed by atoms with Crippen molar-refractivity contribution in [1.29, 1.82) is 0 Å². The van der Waals surface area contributed by atoms with Gasteiger partial charge in [0.2, 0.25) is 11.6 Å². The van der Waals surface area contributed by atoms with E-state index in [2.05, 4.69) is 202 Å². The van der Waals surface area contributed by atoms with E-state index in [1.54, 1.807) is 0 Å². The summed E-state index contributed by atoms with van der Waals surface area (Å²) >= 11 is 3.58. The zero-order valence-electron chi connectivity index (χ0n) is 27.8.